The van der Waals surface area contributed by atoms with Crippen LogP contribution in [0.1, 0.15) is 27.2 Å². The topological polar surface area (TPSA) is 72.8 Å². The van der Waals surface area contributed by atoms with Crippen molar-refractivity contribution in [1.29, 1.82) is 0 Å². The number of piperidine rings is 1. The van der Waals surface area contributed by atoms with Gasteiger partial charge < -0.3 is 33.3 Å². The van der Waals surface area contributed by atoms with Gasteiger partial charge in [-0.1, -0.05) is 45.1 Å². The van der Waals surface area contributed by atoms with Crippen LogP contribution in [0.15, 0.2) is 36.0 Å². The van der Waals surface area contributed by atoms with Crippen molar-refractivity contribution < 1.29 is 80.4 Å². The van der Waals surface area contributed by atoms with Crippen molar-refractivity contribution in [2.45, 2.75) is 38.6 Å². The Morgan fingerprint density at radius 2 is 1.79 bits per heavy atom. The summed E-state index contributed by atoms with van der Waals surface area (Å²) in [5.74, 6) is -2.12. The summed E-state index contributed by atoms with van der Waals surface area (Å²) in [6.07, 6.45) is 10.2. The fourth-order valence-corrected chi connectivity index (χ4v) is 2.69. The molecule has 2 rings (SSSR count). The van der Waals surface area contributed by atoms with Gasteiger partial charge in [0.15, 0.2) is 0 Å². The van der Waals surface area contributed by atoms with Gasteiger partial charge in [-0.25, -0.2) is 5.54 Å². The number of rotatable bonds is 3. The number of carbonyl (C=O) groups excluding carboxylic acids is 1. The molecule has 1 amide bonds. The van der Waals surface area contributed by atoms with Crippen LogP contribution in [0.4, 0.5) is 0 Å². The van der Waals surface area contributed by atoms with Crippen molar-refractivity contribution in [2.24, 2.45) is 0 Å². The van der Waals surface area contributed by atoms with Gasteiger partial charge in [-0.15, -0.1) is 13.1 Å². The molecule has 24 heavy (non-hydrogen) atoms. The van der Waals surface area contributed by atoms with E-state index in [1.54, 1.807) is 23.1 Å². The molecule has 0 aromatic carbocycles. The fourth-order valence-electron chi connectivity index (χ4n) is 2.69. The number of likely N-dealkylation sites (tertiary alicyclic amines) is 1. The van der Waals surface area contributed by atoms with Crippen LogP contribution in [0.2, 0.25) is 0 Å². The van der Waals surface area contributed by atoms with Gasteiger partial charge in [0.25, 0.3) is 0 Å². The summed E-state index contributed by atoms with van der Waals surface area (Å²) in [6.45, 7) is 10.5. The maximum absolute atomic E-state index is 10.7. The standard InChI is InChI=1S/C15H20N2O3.C2H6.2Y/c1-3-5-13-12(4-2)10-14(16-15(13,19)20)6-8-17(11-18)9-7-14;1-2;;/h3-7,11,16,19-20H,2,8-10H2,1H3;1-2H3;;/q-2;;;/b5-3-;;;. The average molecular weight is 484 g/mol. The molecule has 130 valence electrons. The Kier molecular flexibility index (Phi) is 13.7. The number of carbonyl (C=O) groups is 1. The summed E-state index contributed by atoms with van der Waals surface area (Å²) in [6, 6.07) is 0. The Morgan fingerprint density at radius 1 is 1.25 bits per heavy atom. The van der Waals surface area contributed by atoms with Crippen molar-refractivity contribution in [1.82, 2.24) is 10.2 Å². The molecule has 2 aliphatic heterocycles. The van der Waals surface area contributed by atoms with Gasteiger partial charge in [-0.05, 0) is 12.5 Å². The molecule has 0 aromatic rings. The maximum Gasteiger partial charge on any atom is 0.246 e. The van der Waals surface area contributed by atoms with E-state index >= 15 is 0 Å². The largest absolute Gasteiger partial charge is 0.405 e. The second-order valence-corrected chi connectivity index (χ2v) is 5.12. The zero-order valence-electron chi connectivity index (χ0n) is 14.7. The number of amides is 1. The first-order valence-corrected chi connectivity index (χ1v) is 7.57. The molecular weight excluding hydrogens is 458 g/mol. The van der Waals surface area contributed by atoms with Crippen LogP contribution in [-0.2, 0) is 70.2 Å². The van der Waals surface area contributed by atoms with Gasteiger partial charge in [0, 0.05) is 71.0 Å². The molecule has 0 bridgehead atoms. The molecule has 0 unspecified atom stereocenters. The minimum atomic E-state index is -2.12. The van der Waals surface area contributed by atoms with Crippen molar-refractivity contribution in [2.75, 3.05) is 13.1 Å². The van der Waals surface area contributed by atoms with Crippen LogP contribution >= 0.6 is 0 Å². The van der Waals surface area contributed by atoms with E-state index in [-0.39, 0.29) is 65.4 Å². The van der Waals surface area contributed by atoms with E-state index in [9.17, 15) is 15.0 Å². The first-order chi connectivity index (χ1) is 10.5. The van der Waals surface area contributed by atoms with Crippen molar-refractivity contribution in [3.63, 3.8) is 0 Å². The summed E-state index contributed by atoms with van der Waals surface area (Å²) in [5, 5.41) is 23.4. The number of nitrogens with zero attached hydrogens (tertiary/aromatic N) is 1. The van der Waals surface area contributed by atoms with E-state index in [4.69, 9.17) is 0 Å². The van der Waals surface area contributed by atoms with Crippen LogP contribution in [0.3, 0.4) is 0 Å². The minimum Gasteiger partial charge on any atom is -0.405 e. The predicted octanol–water partition coefficient (Wildman–Crippen LogP) is 1.32. The zero-order valence-corrected chi connectivity index (χ0v) is 20.4. The zero-order chi connectivity index (χ0) is 16.8. The summed E-state index contributed by atoms with van der Waals surface area (Å²) in [7, 11) is 0. The number of nitrogens with one attached hydrogen (secondary N) is 1. The van der Waals surface area contributed by atoms with Gasteiger partial charge in [0.1, 0.15) is 0 Å². The fraction of sp³-hybridized carbons (Fsp3) is 0.471. The van der Waals surface area contributed by atoms with Crippen molar-refractivity contribution in [3.05, 3.63) is 48.8 Å². The third kappa shape index (κ3) is 6.50. The monoisotopic (exact) mass is 484 g/mol. The maximum atomic E-state index is 10.7. The number of hydrogen-bond donors (Lipinski definition) is 3. The molecule has 0 aliphatic carbocycles. The van der Waals surface area contributed by atoms with E-state index in [1.165, 1.54) is 0 Å². The van der Waals surface area contributed by atoms with Crippen LogP contribution in [-0.4, -0.2) is 46.1 Å². The van der Waals surface area contributed by atoms with E-state index in [0.717, 1.165) is 12.0 Å². The Morgan fingerprint density at radius 3 is 2.21 bits per heavy atom. The SMILES string of the molecule is C=CC1=C(/C=C\C)C(O)(O)NC2([CH-]CN(C=O)C[CH-]2)C1.CC.[Y].[Y]. The molecule has 0 aromatic heterocycles. The average Bonchev–Trinajstić information content (AvgIpc) is 2.52. The summed E-state index contributed by atoms with van der Waals surface area (Å²) in [5.41, 5.74) is 0.539. The molecule has 1 saturated heterocycles. The van der Waals surface area contributed by atoms with Crippen LogP contribution in [0.25, 0.3) is 0 Å². The van der Waals surface area contributed by atoms with Gasteiger partial charge in [0.2, 0.25) is 12.3 Å². The van der Waals surface area contributed by atoms with Gasteiger partial charge in [0.05, 0.1) is 0 Å². The molecule has 3 N–H and O–H groups in total. The van der Waals surface area contributed by atoms with E-state index in [0.29, 0.717) is 25.1 Å². The second kappa shape index (κ2) is 12.2. The molecule has 5 nitrogen and oxygen atoms in total. The molecule has 2 heterocycles. The quantitative estimate of drug-likeness (QED) is 0.321. The van der Waals surface area contributed by atoms with E-state index in [2.05, 4.69) is 11.9 Å². The molecule has 7 heteroatoms. The van der Waals surface area contributed by atoms with Crippen LogP contribution < -0.4 is 5.32 Å². The van der Waals surface area contributed by atoms with Gasteiger partial charge >= 0.3 is 0 Å². The molecule has 2 aliphatic rings. The summed E-state index contributed by atoms with van der Waals surface area (Å²) in [4.78, 5) is 12.3. The van der Waals surface area contributed by atoms with E-state index < -0.39 is 11.4 Å². The molecule has 1 spiro atoms. The molecule has 1 fully saturated rings. The summed E-state index contributed by atoms with van der Waals surface area (Å²) >= 11 is 0. The number of allylic oxidation sites excluding steroid dienone is 2. The van der Waals surface area contributed by atoms with Gasteiger partial charge in [-0.2, -0.15) is 0 Å². The third-order valence-electron chi connectivity index (χ3n) is 3.72. The van der Waals surface area contributed by atoms with Gasteiger partial charge in [-0.3, -0.25) is 4.79 Å². The molecule has 0 saturated carbocycles. The first-order valence-electron chi connectivity index (χ1n) is 7.57. The third-order valence-corrected chi connectivity index (χ3v) is 3.72. The van der Waals surface area contributed by atoms with Crippen LogP contribution in [0.5, 0.6) is 0 Å². The smallest absolute Gasteiger partial charge is 0.246 e. The molecule has 0 atom stereocenters. The van der Waals surface area contributed by atoms with E-state index in [1.807, 2.05) is 33.6 Å². The Bertz CT molecular complexity index is 468. The minimum absolute atomic E-state index is 0. The first kappa shape index (κ1) is 27.0. The predicted molar refractivity (Wildman–Crippen MR) is 87.3 cm³/mol. The molecule has 2 radical (unpaired) electrons. The Labute approximate surface area is 195 Å². The Hall–Kier alpha value is 0.778. The molecular formula is C17H26N2O3Y2-2. The second-order valence-electron chi connectivity index (χ2n) is 5.12. The number of aliphatic hydroxyl groups is 2. The Balaban J connectivity index is 0. The number of hydrogen-bond acceptors (Lipinski definition) is 4. The normalized spacial score (nSPS) is 21.3. The van der Waals surface area contributed by atoms with Crippen molar-refractivity contribution in [3.8, 4) is 0 Å². The summed E-state index contributed by atoms with van der Waals surface area (Å²) < 4.78 is 0. The van der Waals surface area contributed by atoms with Crippen molar-refractivity contribution >= 4 is 6.41 Å². The van der Waals surface area contributed by atoms with Crippen LogP contribution in [0, 0.1) is 12.8 Å².